The molecule has 1 aliphatic heterocycles. The fourth-order valence-corrected chi connectivity index (χ4v) is 9.38. The number of benzene rings is 3. The molecular formula is C36H32F2N4O3S2. The van der Waals surface area contributed by atoms with Gasteiger partial charge in [-0.1, -0.05) is 36.4 Å². The van der Waals surface area contributed by atoms with Crippen molar-refractivity contribution < 1.29 is 23.8 Å². The molecule has 0 bridgehead atoms. The lowest BCUT2D eigenvalue weighted by molar-refractivity contribution is -0.118. The zero-order chi connectivity index (χ0) is 33.0. The summed E-state index contributed by atoms with van der Waals surface area (Å²) in [5.41, 5.74) is 5.87. The number of fused-ring (bicyclic) bond motifs is 2. The van der Waals surface area contributed by atoms with Crippen molar-refractivity contribution in [1.29, 1.82) is 5.41 Å². The molecule has 0 radical (unpaired) electrons. The Morgan fingerprint density at radius 1 is 1.04 bits per heavy atom. The molecule has 240 valence electrons. The number of thioether (sulfide) groups is 1. The molecule has 7 rings (SSSR count). The van der Waals surface area contributed by atoms with E-state index in [9.17, 15) is 23.8 Å². The van der Waals surface area contributed by atoms with Crippen LogP contribution in [-0.2, 0) is 17.8 Å². The number of allylic oxidation sites excluding steroid dienone is 2. The summed E-state index contributed by atoms with van der Waals surface area (Å²) in [4.78, 5) is 23.5. The molecule has 47 heavy (non-hydrogen) atoms. The van der Waals surface area contributed by atoms with Gasteiger partial charge in [-0.3, -0.25) is 9.36 Å². The van der Waals surface area contributed by atoms with Crippen molar-refractivity contribution in [1.82, 2.24) is 14.5 Å². The molecule has 0 spiro atoms. The molecule has 7 nitrogen and oxygen atoms in total. The molecule has 3 N–H and O–H groups in total. The number of hydrogen-bond acceptors (Lipinski definition) is 8. The maximum atomic E-state index is 14.4. The second-order valence-electron chi connectivity index (χ2n) is 12.3. The van der Waals surface area contributed by atoms with E-state index in [1.54, 1.807) is 31.7 Å². The Morgan fingerprint density at radius 2 is 1.81 bits per heavy atom. The predicted molar refractivity (Wildman–Crippen MR) is 182 cm³/mol. The number of aliphatic hydroxyl groups is 2. The normalized spacial score (nSPS) is 21.3. The van der Waals surface area contributed by atoms with Crippen LogP contribution in [0.3, 0.4) is 0 Å². The number of carbonyl (C=O) groups is 1. The van der Waals surface area contributed by atoms with Crippen LogP contribution in [0.4, 0.5) is 8.78 Å². The fraction of sp³-hybridized carbons (Fsp3) is 0.278. The summed E-state index contributed by atoms with van der Waals surface area (Å²) in [6.07, 6.45) is 2.19. The van der Waals surface area contributed by atoms with Gasteiger partial charge in [-0.15, -0.1) is 23.1 Å². The summed E-state index contributed by atoms with van der Waals surface area (Å²) < 4.78 is 29.7. The van der Waals surface area contributed by atoms with Crippen molar-refractivity contribution in [3.8, 4) is 16.4 Å². The first-order valence-electron chi connectivity index (χ1n) is 15.4. The second kappa shape index (κ2) is 12.1. The number of thiazole rings is 1. The molecule has 0 amide bonds. The predicted octanol–water partition coefficient (Wildman–Crippen LogP) is 8.18. The Kier molecular flexibility index (Phi) is 8.10. The summed E-state index contributed by atoms with van der Waals surface area (Å²) in [5.74, 6) is -1.08. The number of aliphatic hydroxyl groups excluding tert-OH is 2. The van der Waals surface area contributed by atoms with Crippen LogP contribution in [0.5, 0.6) is 0 Å². The van der Waals surface area contributed by atoms with Gasteiger partial charge in [0.1, 0.15) is 11.6 Å². The minimum atomic E-state index is -0.913. The summed E-state index contributed by atoms with van der Waals surface area (Å²) in [6.45, 7) is 3.14. The Morgan fingerprint density at radius 3 is 2.51 bits per heavy atom. The molecule has 1 saturated carbocycles. The van der Waals surface area contributed by atoms with Gasteiger partial charge in [0.15, 0.2) is 16.8 Å². The first-order chi connectivity index (χ1) is 22.6. The lowest BCUT2D eigenvalue weighted by Crippen LogP contribution is -2.30. The maximum Gasteiger partial charge on any atom is 0.196 e. The summed E-state index contributed by atoms with van der Waals surface area (Å²) in [7, 11) is 0. The lowest BCUT2D eigenvalue weighted by Gasteiger charge is -2.25. The molecule has 1 saturated heterocycles. The van der Waals surface area contributed by atoms with Crippen LogP contribution < -0.4 is 0 Å². The highest BCUT2D eigenvalue weighted by Crippen LogP contribution is 2.66. The van der Waals surface area contributed by atoms with Crippen LogP contribution in [0.1, 0.15) is 61.5 Å². The number of Topliss-reactive ketones (excluding diaryl/α,β-unsaturated/α-hetero) is 1. The highest BCUT2D eigenvalue weighted by molar-refractivity contribution is 8.09. The van der Waals surface area contributed by atoms with E-state index in [1.807, 2.05) is 52.4 Å². The number of carbonyl (C=O) groups excluding carboxylic acids is 1. The first kappa shape index (κ1) is 31.4. The highest BCUT2D eigenvalue weighted by Gasteiger charge is 2.65. The zero-order valence-electron chi connectivity index (χ0n) is 25.8. The summed E-state index contributed by atoms with van der Waals surface area (Å²) in [5, 5.41) is 30.5. The minimum Gasteiger partial charge on any atom is -0.512 e. The molecular weight excluding hydrogens is 639 g/mol. The van der Waals surface area contributed by atoms with Crippen molar-refractivity contribution in [2.45, 2.75) is 62.1 Å². The van der Waals surface area contributed by atoms with Gasteiger partial charge in [0.25, 0.3) is 0 Å². The van der Waals surface area contributed by atoms with Gasteiger partial charge in [0.2, 0.25) is 0 Å². The SMILES string of the molecule is CC(=N)/C(=C(/C)O)c1ccc2c(c1)nc([C@@H]1CCCC(=O)C3SC31Cc1ccc(F)c(F)c1)n2-c1nc(-c2ccc(CO)cc2)cs1. The van der Waals surface area contributed by atoms with Gasteiger partial charge in [0.05, 0.1) is 34.3 Å². The van der Waals surface area contributed by atoms with Crippen LogP contribution in [0.15, 0.2) is 71.8 Å². The average Bonchev–Trinajstić information content (AvgIpc) is 3.40. The van der Waals surface area contributed by atoms with E-state index in [4.69, 9.17) is 15.4 Å². The van der Waals surface area contributed by atoms with E-state index in [2.05, 4.69) is 0 Å². The Bertz CT molecular complexity index is 2080. The summed E-state index contributed by atoms with van der Waals surface area (Å²) in [6, 6.07) is 17.2. The minimum absolute atomic E-state index is 0.0401. The lowest BCUT2D eigenvalue weighted by atomic mass is 9.82. The van der Waals surface area contributed by atoms with Crippen molar-refractivity contribution in [3.05, 3.63) is 106 Å². The maximum absolute atomic E-state index is 14.4. The monoisotopic (exact) mass is 670 g/mol. The Labute approximate surface area is 278 Å². The van der Waals surface area contributed by atoms with E-state index < -0.39 is 16.4 Å². The third kappa shape index (κ3) is 5.60. The molecule has 3 heterocycles. The van der Waals surface area contributed by atoms with Crippen LogP contribution in [-0.4, -0.2) is 46.2 Å². The number of ketones is 1. The molecule has 2 unspecified atom stereocenters. The third-order valence-electron chi connectivity index (χ3n) is 9.12. The summed E-state index contributed by atoms with van der Waals surface area (Å²) >= 11 is 3.05. The van der Waals surface area contributed by atoms with Gasteiger partial charge in [-0.2, -0.15) is 0 Å². The topological polar surface area (TPSA) is 112 Å². The third-order valence-corrected chi connectivity index (χ3v) is 11.7. The van der Waals surface area contributed by atoms with Crippen LogP contribution in [0.25, 0.3) is 33.0 Å². The van der Waals surface area contributed by atoms with Gasteiger partial charge >= 0.3 is 0 Å². The van der Waals surface area contributed by atoms with E-state index in [0.29, 0.717) is 53.0 Å². The van der Waals surface area contributed by atoms with E-state index in [-0.39, 0.29) is 35.0 Å². The Balaban J connectivity index is 1.40. The number of halogens is 2. The number of nitrogens with one attached hydrogen (secondary N) is 1. The number of rotatable bonds is 8. The Hall–Kier alpha value is -4.19. The van der Waals surface area contributed by atoms with Crippen LogP contribution in [0.2, 0.25) is 0 Å². The largest absolute Gasteiger partial charge is 0.512 e. The van der Waals surface area contributed by atoms with Gasteiger partial charge in [-0.05, 0) is 74.1 Å². The fourth-order valence-electron chi connectivity index (χ4n) is 6.88. The number of nitrogens with zero attached hydrogens (tertiary/aromatic N) is 3. The van der Waals surface area contributed by atoms with E-state index in [0.717, 1.165) is 34.2 Å². The van der Waals surface area contributed by atoms with Crippen LogP contribution in [0, 0.1) is 17.0 Å². The second-order valence-corrected chi connectivity index (χ2v) is 14.6. The van der Waals surface area contributed by atoms with E-state index >= 15 is 0 Å². The molecule has 3 aromatic carbocycles. The molecule has 2 fully saturated rings. The molecule has 2 aliphatic rings. The number of aromatic nitrogens is 3. The van der Waals surface area contributed by atoms with Crippen LogP contribution >= 0.6 is 23.1 Å². The average molecular weight is 671 g/mol. The van der Waals surface area contributed by atoms with Gasteiger partial charge < -0.3 is 15.6 Å². The van der Waals surface area contributed by atoms with Gasteiger partial charge in [-0.25, -0.2) is 18.7 Å². The zero-order valence-corrected chi connectivity index (χ0v) is 27.4. The molecule has 3 atom stereocenters. The quantitative estimate of drug-likeness (QED) is 0.0872. The van der Waals surface area contributed by atoms with Gasteiger partial charge in [0, 0.05) is 39.3 Å². The highest BCUT2D eigenvalue weighted by atomic mass is 32.2. The van der Waals surface area contributed by atoms with Crippen molar-refractivity contribution in [2.24, 2.45) is 0 Å². The molecule has 2 aromatic heterocycles. The standard InChI is InChI=1S/C36H32F2N4O3S2/c1-19(39)32(20(2)44)24-11-13-30-28(15-24)40-34(42(30)35-41-29(18-46-35)23-9-6-21(17-43)7-10-23)25-4-3-5-31(45)33-36(25,47-33)16-22-8-12-26(37)27(38)14-22/h6-15,18,25,33,39,43-44H,3-5,16-17H2,1-2H3/b32-20+,39-19?/t25-,33?,36?/m0/s1. The molecule has 11 heteroatoms. The first-order valence-corrected chi connectivity index (χ1v) is 17.1. The number of hydrogen-bond donors (Lipinski definition) is 3. The van der Waals surface area contributed by atoms with Crippen molar-refractivity contribution >= 4 is 51.2 Å². The van der Waals surface area contributed by atoms with E-state index in [1.165, 1.54) is 17.4 Å². The number of imidazole rings is 1. The van der Waals surface area contributed by atoms with Crippen molar-refractivity contribution in [2.75, 3.05) is 0 Å². The molecule has 1 aliphatic carbocycles. The molecule has 5 aromatic rings. The van der Waals surface area contributed by atoms with Crippen molar-refractivity contribution in [3.63, 3.8) is 0 Å². The smallest absolute Gasteiger partial charge is 0.196 e.